The predicted octanol–water partition coefficient (Wildman–Crippen LogP) is 4.53. The first-order valence-corrected chi connectivity index (χ1v) is 7.28. The number of halogens is 1. The number of hydrogen-bond acceptors (Lipinski definition) is 1. The molecule has 92 valence electrons. The molecule has 0 bridgehead atoms. The monoisotopic (exact) mass is 301 g/mol. The lowest BCUT2D eigenvalue weighted by Gasteiger charge is -2.33. The number of nitrogens with zero attached hydrogens (tertiary/aromatic N) is 1. The maximum absolute atomic E-state index is 3.77. The van der Waals surface area contributed by atoms with E-state index in [1.54, 1.807) is 0 Å². The number of para-hydroxylation sites is 1. The van der Waals surface area contributed by atoms with Gasteiger partial charge in [0.25, 0.3) is 0 Å². The van der Waals surface area contributed by atoms with Crippen LogP contribution in [0.1, 0.15) is 22.4 Å². The van der Waals surface area contributed by atoms with Crippen LogP contribution in [0.3, 0.4) is 0 Å². The zero-order valence-electron chi connectivity index (χ0n) is 10.2. The second kappa shape index (κ2) is 5.15. The van der Waals surface area contributed by atoms with Gasteiger partial charge in [-0.05, 0) is 23.6 Å². The van der Waals surface area contributed by atoms with E-state index in [0.717, 1.165) is 13.1 Å². The van der Waals surface area contributed by atoms with Crippen LogP contribution < -0.4 is 4.90 Å². The van der Waals surface area contributed by atoms with Gasteiger partial charge in [0.2, 0.25) is 0 Å². The van der Waals surface area contributed by atoms with Gasteiger partial charge in [0.1, 0.15) is 0 Å². The topological polar surface area (TPSA) is 3.24 Å². The average Bonchev–Trinajstić information content (AvgIpc) is 2.44. The number of fused-ring (bicyclic) bond motifs is 1. The van der Waals surface area contributed by atoms with E-state index in [0.29, 0.717) is 4.83 Å². The molecule has 0 fully saturated rings. The molecule has 0 spiro atoms. The van der Waals surface area contributed by atoms with Gasteiger partial charge in [-0.15, -0.1) is 0 Å². The first-order chi connectivity index (χ1) is 8.84. The van der Waals surface area contributed by atoms with Gasteiger partial charge < -0.3 is 4.90 Å². The zero-order valence-corrected chi connectivity index (χ0v) is 11.8. The Morgan fingerprint density at radius 3 is 2.56 bits per heavy atom. The summed E-state index contributed by atoms with van der Waals surface area (Å²) in [6, 6.07) is 19.4. The zero-order chi connectivity index (χ0) is 12.4. The van der Waals surface area contributed by atoms with Gasteiger partial charge in [-0.25, -0.2) is 0 Å². The fourth-order valence-corrected chi connectivity index (χ4v) is 3.15. The SMILES string of the molecule is BrC1CCN(Cc2ccccc2)c2ccccc21. The van der Waals surface area contributed by atoms with E-state index >= 15 is 0 Å². The molecule has 3 rings (SSSR count). The molecule has 1 aliphatic rings. The number of alkyl halides is 1. The highest BCUT2D eigenvalue weighted by atomic mass is 79.9. The molecule has 18 heavy (non-hydrogen) atoms. The molecule has 0 aromatic heterocycles. The van der Waals surface area contributed by atoms with Crippen molar-refractivity contribution in [1.82, 2.24) is 0 Å². The third-order valence-corrected chi connectivity index (χ3v) is 4.43. The molecular formula is C16H16BrN. The molecule has 0 amide bonds. The minimum atomic E-state index is 0.501. The quantitative estimate of drug-likeness (QED) is 0.737. The lowest BCUT2D eigenvalue weighted by Crippen LogP contribution is -2.29. The summed E-state index contributed by atoms with van der Waals surface area (Å²) in [4.78, 5) is 2.98. The summed E-state index contributed by atoms with van der Waals surface area (Å²) in [7, 11) is 0. The van der Waals surface area contributed by atoms with Crippen molar-refractivity contribution in [1.29, 1.82) is 0 Å². The van der Waals surface area contributed by atoms with Crippen molar-refractivity contribution < 1.29 is 0 Å². The fourth-order valence-electron chi connectivity index (χ4n) is 2.55. The largest absolute Gasteiger partial charge is 0.367 e. The van der Waals surface area contributed by atoms with Crippen LogP contribution in [0.4, 0.5) is 5.69 Å². The van der Waals surface area contributed by atoms with E-state index in [9.17, 15) is 0 Å². The highest BCUT2D eigenvalue weighted by molar-refractivity contribution is 9.09. The molecule has 1 heterocycles. The van der Waals surface area contributed by atoms with Crippen molar-refractivity contribution in [2.24, 2.45) is 0 Å². The molecule has 1 atom stereocenters. The summed E-state index contributed by atoms with van der Waals surface area (Å²) in [6.07, 6.45) is 1.17. The minimum absolute atomic E-state index is 0.501. The number of anilines is 1. The molecule has 2 aromatic rings. The maximum Gasteiger partial charge on any atom is 0.0432 e. The number of rotatable bonds is 2. The van der Waals surface area contributed by atoms with Gasteiger partial charge in [-0.3, -0.25) is 0 Å². The fraction of sp³-hybridized carbons (Fsp3) is 0.250. The third kappa shape index (κ3) is 2.30. The van der Waals surface area contributed by atoms with Crippen LogP contribution in [0.2, 0.25) is 0 Å². The van der Waals surface area contributed by atoms with Crippen molar-refractivity contribution in [3.63, 3.8) is 0 Å². The van der Waals surface area contributed by atoms with Gasteiger partial charge in [0, 0.05) is 23.6 Å². The summed E-state index contributed by atoms with van der Waals surface area (Å²) >= 11 is 3.77. The van der Waals surface area contributed by atoms with E-state index in [4.69, 9.17) is 0 Å². The Bertz CT molecular complexity index is 524. The van der Waals surface area contributed by atoms with Gasteiger partial charge >= 0.3 is 0 Å². The van der Waals surface area contributed by atoms with Gasteiger partial charge in [-0.1, -0.05) is 64.5 Å². The average molecular weight is 302 g/mol. The van der Waals surface area contributed by atoms with Crippen LogP contribution in [0.5, 0.6) is 0 Å². The standard InChI is InChI=1S/C16H16BrN/c17-15-10-11-18(12-13-6-2-1-3-7-13)16-9-5-4-8-14(15)16/h1-9,15H,10-12H2. The lowest BCUT2D eigenvalue weighted by molar-refractivity contribution is 0.687. The highest BCUT2D eigenvalue weighted by Crippen LogP contribution is 2.39. The summed E-state index contributed by atoms with van der Waals surface area (Å²) in [6.45, 7) is 2.11. The van der Waals surface area contributed by atoms with Gasteiger partial charge in [0.05, 0.1) is 0 Å². The molecule has 1 nitrogen and oxygen atoms in total. The molecule has 1 unspecified atom stereocenters. The Hall–Kier alpha value is -1.28. The van der Waals surface area contributed by atoms with E-state index < -0.39 is 0 Å². The Morgan fingerprint density at radius 2 is 1.72 bits per heavy atom. The molecule has 0 radical (unpaired) electrons. The first-order valence-electron chi connectivity index (χ1n) is 6.36. The van der Waals surface area contributed by atoms with Crippen molar-refractivity contribution in [2.45, 2.75) is 17.8 Å². The molecule has 2 heteroatoms. The molecule has 0 saturated heterocycles. The molecule has 2 aromatic carbocycles. The van der Waals surface area contributed by atoms with E-state index in [1.807, 2.05) is 0 Å². The normalized spacial score (nSPS) is 18.5. The highest BCUT2D eigenvalue weighted by Gasteiger charge is 2.22. The van der Waals surface area contributed by atoms with Crippen LogP contribution in [-0.2, 0) is 6.54 Å². The Balaban J connectivity index is 1.89. The van der Waals surface area contributed by atoms with Crippen LogP contribution >= 0.6 is 15.9 Å². The summed E-state index contributed by atoms with van der Waals surface area (Å²) < 4.78 is 0. The second-order valence-electron chi connectivity index (χ2n) is 4.72. The first kappa shape index (κ1) is 11.8. The molecule has 1 aliphatic heterocycles. The van der Waals surface area contributed by atoms with E-state index in [-0.39, 0.29) is 0 Å². The van der Waals surface area contributed by atoms with Crippen molar-refractivity contribution in [3.05, 3.63) is 65.7 Å². The van der Waals surface area contributed by atoms with Gasteiger partial charge in [0.15, 0.2) is 0 Å². The van der Waals surface area contributed by atoms with Crippen LogP contribution in [0.25, 0.3) is 0 Å². The lowest BCUT2D eigenvalue weighted by atomic mass is 10.0. The summed E-state index contributed by atoms with van der Waals surface area (Å²) in [5, 5.41) is 0. The van der Waals surface area contributed by atoms with Crippen molar-refractivity contribution in [3.8, 4) is 0 Å². The third-order valence-electron chi connectivity index (χ3n) is 3.48. The second-order valence-corrected chi connectivity index (χ2v) is 5.83. The Labute approximate surface area is 117 Å². The van der Waals surface area contributed by atoms with Crippen molar-refractivity contribution >= 4 is 21.6 Å². The number of benzene rings is 2. The number of hydrogen-bond donors (Lipinski definition) is 0. The van der Waals surface area contributed by atoms with Crippen LogP contribution in [-0.4, -0.2) is 6.54 Å². The molecule has 0 saturated carbocycles. The molecule has 0 aliphatic carbocycles. The summed E-state index contributed by atoms with van der Waals surface area (Å²) in [5.41, 5.74) is 4.16. The predicted molar refractivity (Wildman–Crippen MR) is 80.2 cm³/mol. The summed E-state index contributed by atoms with van der Waals surface area (Å²) in [5.74, 6) is 0. The van der Waals surface area contributed by atoms with Gasteiger partial charge in [-0.2, -0.15) is 0 Å². The maximum atomic E-state index is 3.77. The molecular weight excluding hydrogens is 286 g/mol. The van der Waals surface area contributed by atoms with E-state index in [2.05, 4.69) is 75.4 Å². The van der Waals surface area contributed by atoms with E-state index in [1.165, 1.54) is 23.2 Å². The Morgan fingerprint density at radius 1 is 1.00 bits per heavy atom. The van der Waals surface area contributed by atoms with Crippen LogP contribution in [0, 0.1) is 0 Å². The van der Waals surface area contributed by atoms with Crippen molar-refractivity contribution in [2.75, 3.05) is 11.4 Å². The van der Waals surface area contributed by atoms with Crippen LogP contribution in [0.15, 0.2) is 54.6 Å². The molecule has 0 N–H and O–H groups in total. The smallest absolute Gasteiger partial charge is 0.0432 e. The minimum Gasteiger partial charge on any atom is -0.367 e. The Kier molecular flexibility index (Phi) is 3.37.